The number of piperidine rings is 2. The number of rotatable bonds is 4. The number of nitro benzene ring substituents is 1. The van der Waals surface area contributed by atoms with Crippen molar-refractivity contribution in [3.63, 3.8) is 0 Å². The molecular formula is C20H25N3O6. The summed E-state index contributed by atoms with van der Waals surface area (Å²) in [5.74, 6) is -2.74. The van der Waals surface area contributed by atoms with Gasteiger partial charge < -0.3 is 20.0 Å². The third-order valence-corrected chi connectivity index (χ3v) is 6.71. The van der Waals surface area contributed by atoms with E-state index in [2.05, 4.69) is 0 Å². The Morgan fingerprint density at radius 3 is 2.31 bits per heavy atom. The number of carboxylic acid groups (broad SMARTS) is 2. The summed E-state index contributed by atoms with van der Waals surface area (Å²) in [6.45, 7) is 1.85. The van der Waals surface area contributed by atoms with Crippen molar-refractivity contribution in [2.24, 2.45) is 5.41 Å². The highest BCUT2D eigenvalue weighted by Crippen LogP contribution is 2.51. The fraction of sp³-hybridized carbons (Fsp3) is 0.600. The van der Waals surface area contributed by atoms with Gasteiger partial charge in [-0.25, -0.2) is 0 Å². The molecule has 156 valence electrons. The van der Waals surface area contributed by atoms with Crippen molar-refractivity contribution in [1.82, 2.24) is 0 Å². The molecule has 1 aromatic rings. The Balaban J connectivity index is 1.96. The number of carbonyl (C=O) groups is 2. The highest BCUT2D eigenvalue weighted by molar-refractivity contribution is 6.02. The van der Waals surface area contributed by atoms with E-state index in [0.717, 1.165) is 37.8 Å². The summed E-state index contributed by atoms with van der Waals surface area (Å²) in [6.07, 6.45) is 4.69. The Bertz CT molecular complexity index is 850. The number of aliphatic carboxylic acids is 2. The minimum absolute atomic E-state index is 0.0780. The van der Waals surface area contributed by atoms with Crippen LogP contribution in [0.4, 0.5) is 17.1 Å². The van der Waals surface area contributed by atoms with Crippen LogP contribution in [-0.4, -0.2) is 52.8 Å². The molecule has 0 saturated carbocycles. The molecule has 0 unspecified atom stereocenters. The van der Waals surface area contributed by atoms with Crippen molar-refractivity contribution in [2.75, 3.05) is 29.4 Å². The van der Waals surface area contributed by atoms with E-state index < -0.39 is 28.3 Å². The van der Waals surface area contributed by atoms with Crippen molar-refractivity contribution in [1.29, 1.82) is 0 Å². The van der Waals surface area contributed by atoms with Crippen LogP contribution in [0, 0.1) is 15.5 Å². The third-order valence-electron chi connectivity index (χ3n) is 6.71. The molecule has 0 amide bonds. The lowest BCUT2D eigenvalue weighted by Gasteiger charge is -2.50. The van der Waals surface area contributed by atoms with Crippen molar-refractivity contribution < 1.29 is 24.7 Å². The van der Waals surface area contributed by atoms with Gasteiger partial charge in [-0.3, -0.25) is 19.7 Å². The zero-order chi connectivity index (χ0) is 20.8. The normalized spacial score (nSPS) is 23.1. The fourth-order valence-electron chi connectivity index (χ4n) is 5.33. The Morgan fingerprint density at radius 2 is 1.69 bits per heavy atom. The summed E-state index contributed by atoms with van der Waals surface area (Å²) in [4.78, 5) is 39.8. The molecule has 3 heterocycles. The first-order valence-corrected chi connectivity index (χ1v) is 10.2. The SMILES string of the molecule is O=C(O)C1(C(=O)O)Cc2c(ccc([N+](=O)[O-])c2N2CCCCC2)N2CCCC[C@H]21. The Kier molecular flexibility index (Phi) is 4.84. The summed E-state index contributed by atoms with van der Waals surface area (Å²) in [7, 11) is 0. The first-order chi connectivity index (χ1) is 13.9. The van der Waals surface area contributed by atoms with Crippen molar-refractivity contribution in [3.05, 3.63) is 27.8 Å². The standard InChI is InChI=1S/C20H25N3O6/c24-18(25)20(19(26)27)12-13-14(22-11-5-2-6-16(20)22)7-8-15(23(28)29)17(13)21-9-3-1-4-10-21/h7-8,16H,1-6,9-12H2,(H,24,25)(H,26,27)/t16-/m0/s1. The molecule has 29 heavy (non-hydrogen) atoms. The summed E-state index contributed by atoms with van der Waals surface area (Å²) < 4.78 is 0. The van der Waals surface area contributed by atoms with Crippen LogP contribution in [0.25, 0.3) is 0 Å². The number of hydrogen-bond donors (Lipinski definition) is 2. The molecule has 2 fully saturated rings. The molecule has 0 aromatic heterocycles. The molecule has 9 nitrogen and oxygen atoms in total. The number of benzene rings is 1. The highest BCUT2D eigenvalue weighted by atomic mass is 16.6. The van der Waals surface area contributed by atoms with Crippen LogP contribution in [0.1, 0.15) is 44.1 Å². The minimum Gasteiger partial charge on any atom is -0.480 e. The zero-order valence-corrected chi connectivity index (χ0v) is 16.2. The van der Waals surface area contributed by atoms with Gasteiger partial charge in [0.2, 0.25) is 0 Å². The molecule has 3 aliphatic heterocycles. The number of hydrogen-bond acceptors (Lipinski definition) is 6. The van der Waals surface area contributed by atoms with Gasteiger partial charge in [-0.1, -0.05) is 0 Å². The van der Waals surface area contributed by atoms with E-state index in [9.17, 15) is 29.9 Å². The van der Waals surface area contributed by atoms with Crippen LogP contribution in [0.2, 0.25) is 0 Å². The van der Waals surface area contributed by atoms with Crippen LogP contribution in [-0.2, 0) is 16.0 Å². The molecule has 1 atom stereocenters. The molecule has 3 aliphatic rings. The van der Waals surface area contributed by atoms with Crippen LogP contribution < -0.4 is 9.80 Å². The second-order valence-electron chi connectivity index (χ2n) is 8.20. The molecule has 2 saturated heterocycles. The average Bonchev–Trinajstić information content (AvgIpc) is 2.72. The second-order valence-corrected chi connectivity index (χ2v) is 8.20. The first-order valence-electron chi connectivity index (χ1n) is 10.2. The number of carboxylic acids is 2. The monoisotopic (exact) mass is 403 g/mol. The first kappa shape index (κ1) is 19.5. The van der Waals surface area contributed by atoms with Gasteiger partial charge in [0, 0.05) is 43.4 Å². The molecule has 9 heteroatoms. The molecule has 1 aromatic carbocycles. The summed E-state index contributed by atoms with van der Waals surface area (Å²) in [5.41, 5.74) is -0.440. The van der Waals surface area contributed by atoms with Gasteiger partial charge in [-0.15, -0.1) is 0 Å². The predicted molar refractivity (Wildman–Crippen MR) is 106 cm³/mol. The van der Waals surface area contributed by atoms with E-state index in [1.165, 1.54) is 6.07 Å². The Hall–Kier alpha value is -2.84. The number of nitrogens with zero attached hydrogens (tertiary/aromatic N) is 3. The second kappa shape index (κ2) is 7.20. The summed E-state index contributed by atoms with van der Waals surface area (Å²) in [5, 5.41) is 31.9. The molecule has 0 aliphatic carbocycles. The predicted octanol–water partition coefficient (Wildman–Crippen LogP) is 2.66. The number of anilines is 2. The minimum atomic E-state index is -2.01. The van der Waals surface area contributed by atoms with Gasteiger partial charge in [0.05, 0.1) is 11.0 Å². The van der Waals surface area contributed by atoms with E-state index >= 15 is 0 Å². The quantitative estimate of drug-likeness (QED) is 0.447. The van der Waals surface area contributed by atoms with Gasteiger partial charge in [0.15, 0.2) is 5.41 Å². The van der Waals surface area contributed by atoms with Gasteiger partial charge >= 0.3 is 11.9 Å². The Morgan fingerprint density at radius 1 is 1.03 bits per heavy atom. The molecule has 0 spiro atoms. The molecular weight excluding hydrogens is 378 g/mol. The van der Waals surface area contributed by atoms with E-state index in [-0.39, 0.29) is 12.1 Å². The maximum absolute atomic E-state index is 12.3. The lowest BCUT2D eigenvalue weighted by Crippen LogP contribution is -2.62. The molecule has 4 rings (SSSR count). The lowest BCUT2D eigenvalue weighted by molar-refractivity contribution is -0.384. The molecule has 0 bridgehead atoms. The lowest BCUT2D eigenvalue weighted by atomic mass is 9.68. The maximum Gasteiger partial charge on any atom is 0.323 e. The topological polar surface area (TPSA) is 124 Å². The van der Waals surface area contributed by atoms with E-state index in [1.807, 2.05) is 9.80 Å². The van der Waals surface area contributed by atoms with Crippen LogP contribution in [0.3, 0.4) is 0 Å². The van der Waals surface area contributed by atoms with Gasteiger partial charge in [-0.05, 0) is 44.6 Å². The smallest absolute Gasteiger partial charge is 0.323 e. The van der Waals surface area contributed by atoms with Crippen LogP contribution in [0.15, 0.2) is 12.1 Å². The molecule has 0 radical (unpaired) electrons. The Labute approximate surface area is 168 Å². The maximum atomic E-state index is 12.3. The largest absolute Gasteiger partial charge is 0.480 e. The van der Waals surface area contributed by atoms with E-state index in [4.69, 9.17) is 0 Å². The van der Waals surface area contributed by atoms with Gasteiger partial charge in [0.25, 0.3) is 5.69 Å². The summed E-state index contributed by atoms with van der Waals surface area (Å²) >= 11 is 0. The van der Waals surface area contributed by atoms with Crippen molar-refractivity contribution in [3.8, 4) is 0 Å². The van der Waals surface area contributed by atoms with Crippen molar-refractivity contribution >= 4 is 29.0 Å². The average molecular weight is 403 g/mol. The van der Waals surface area contributed by atoms with E-state index in [1.54, 1.807) is 6.07 Å². The van der Waals surface area contributed by atoms with E-state index in [0.29, 0.717) is 37.3 Å². The number of nitro groups is 1. The molecule has 2 N–H and O–H groups in total. The summed E-state index contributed by atoms with van der Waals surface area (Å²) in [6, 6.07) is 2.50. The van der Waals surface area contributed by atoms with Gasteiger partial charge in [0.1, 0.15) is 5.69 Å². The third kappa shape index (κ3) is 2.90. The van der Waals surface area contributed by atoms with Crippen LogP contribution in [0.5, 0.6) is 0 Å². The van der Waals surface area contributed by atoms with Crippen LogP contribution >= 0.6 is 0 Å². The van der Waals surface area contributed by atoms with Gasteiger partial charge in [-0.2, -0.15) is 0 Å². The fourth-order valence-corrected chi connectivity index (χ4v) is 5.33. The zero-order valence-electron chi connectivity index (χ0n) is 16.2. The highest BCUT2D eigenvalue weighted by Gasteiger charge is 2.59. The number of fused-ring (bicyclic) bond motifs is 3. The van der Waals surface area contributed by atoms with Crippen molar-refractivity contribution in [2.45, 2.75) is 51.0 Å².